The number of carbonyl (C=O) groups is 1. The van der Waals surface area contributed by atoms with Crippen molar-refractivity contribution in [2.45, 2.75) is 58.2 Å². The van der Waals surface area contributed by atoms with E-state index in [9.17, 15) is 4.79 Å². The summed E-state index contributed by atoms with van der Waals surface area (Å²) in [4.78, 5) is 17.1. The molecule has 2 heterocycles. The van der Waals surface area contributed by atoms with E-state index in [4.69, 9.17) is 9.15 Å². The van der Waals surface area contributed by atoms with Gasteiger partial charge in [-0.3, -0.25) is 9.69 Å². The Kier molecular flexibility index (Phi) is 6.67. The maximum absolute atomic E-state index is 12.7. The Balaban J connectivity index is 1.47. The lowest BCUT2D eigenvalue weighted by atomic mass is 9.93. The number of hydrogen-bond acceptors (Lipinski definition) is 4. The molecule has 1 aliphatic carbocycles. The first-order valence-corrected chi connectivity index (χ1v) is 10.9. The number of amides is 1. The summed E-state index contributed by atoms with van der Waals surface area (Å²) >= 11 is 0. The van der Waals surface area contributed by atoms with Gasteiger partial charge in [-0.2, -0.15) is 0 Å². The number of furan rings is 1. The minimum atomic E-state index is -0.0253. The third-order valence-corrected chi connectivity index (χ3v) is 6.26. The molecule has 1 amide bonds. The van der Waals surface area contributed by atoms with Gasteiger partial charge in [0.1, 0.15) is 5.76 Å². The van der Waals surface area contributed by atoms with Crippen molar-refractivity contribution in [1.82, 2.24) is 9.80 Å². The summed E-state index contributed by atoms with van der Waals surface area (Å²) in [7, 11) is 0. The summed E-state index contributed by atoms with van der Waals surface area (Å²) in [6, 6.07) is 13.0. The van der Waals surface area contributed by atoms with Crippen LogP contribution in [-0.4, -0.2) is 48.1 Å². The van der Waals surface area contributed by atoms with E-state index >= 15 is 0 Å². The van der Waals surface area contributed by atoms with Gasteiger partial charge in [0.05, 0.1) is 19.8 Å². The lowest BCUT2D eigenvalue weighted by Crippen LogP contribution is -2.40. The van der Waals surface area contributed by atoms with Gasteiger partial charge < -0.3 is 14.1 Å². The first-order valence-electron chi connectivity index (χ1n) is 10.9. The maximum Gasteiger partial charge on any atom is 0.289 e. The van der Waals surface area contributed by atoms with Gasteiger partial charge >= 0.3 is 0 Å². The second kappa shape index (κ2) is 9.59. The van der Waals surface area contributed by atoms with Gasteiger partial charge in [-0.25, -0.2) is 0 Å². The fourth-order valence-corrected chi connectivity index (χ4v) is 4.47. The van der Waals surface area contributed by atoms with Crippen LogP contribution in [-0.2, 0) is 17.8 Å². The van der Waals surface area contributed by atoms with Gasteiger partial charge in [-0.15, -0.1) is 0 Å². The zero-order valence-corrected chi connectivity index (χ0v) is 17.4. The fourth-order valence-electron chi connectivity index (χ4n) is 4.47. The second-order valence-corrected chi connectivity index (χ2v) is 8.29. The molecular formula is C24H32N2O3. The zero-order valence-electron chi connectivity index (χ0n) is 17.4. The standard InChI is InChI=1S/C24H32N2O3/c1-19-7-5-6-8-20(19)17-26(21-9-3-2-4-10-21)18-22-11-12-23(29-22)24(27)25-13-15-28-16-14-25/h5-8,11-12,21H,2-4,9-10,13-18H2,1H3. The Labute approximate surface area is 173 Å². The van der Waals surface area contributed by atoms with Crippen molar-refractivity contribution in [2.24, 2.45) is 0 Å². The Morgan fingerprint density at radius 1 is 1.03 bits per heavy atom. The molecule has 0 N–H and O–H groups in total. The molecule has 0 atom stereocenters. The molecule has 5 nitrogen and oxygen atoms in total. The molecule has 4 rings (SSSR count). The smallest absolute Gasteiger partial charge is 0.289 e. The van der Waals surface area contributed by atoms with E-state index in [0.717, 1.165) is 18.8 Å². The molecule has 1 saturated heterocycles. The van der Waals surface area contributed by atoms with E-state index in [0.29, 0.717) is 38.1 Å². The molecule has 1 aromatic carbocycles. The summed E-state index contributed by atoms with van der Waals surface area (Å²) in [6.07, 6.45) is 6.42. The maximum atomic E-state index is 12.7. The van der Waals surface area contributed by atoms with Crippen LogP contribution in [0.4, 0.5) is 0 Å². The van der Waals surface area contributed by atoms with Crippen molar-refractivity contribution in [3.05, 3.63) is 59.0 Å². The largest absolute Gasteiger partial charge is 0.455 e. The highest BCUT2D eigenvalue weighted by atomic mass is 16.5. The van der Waals surface area contributed by atoms with Crippen molar-refractivity contribution >= 4 is 5.91 Å². The lowest BCUT2D eigenvalue weighted by molar-refractivity contribution is 0.0280. The number of benzene rings is 1. The van der Waals surface area contributed by atoms with Crippen LogP contribution in [0.2, 0.25) is 0 Å². The summed E-state index contributed by atoms with van der Waals surface area (Å²) in [5.41, 5.74) is 2.70. The van der Waals surface area contributed by atoms with Crippen molar-refractivity contribution in [1.29, 1.82) is 0 Å². The predicted octanol–water partition coefficient (Wildman–Crippen LogP) is 4.40. The van der Waals surface area contributed by atoms with Gasteiger partial charge in [0, 0.05) is 25.7 Å². The molecule has 2 aliphatic rings. The number of morpholine rings is 1. The van der Waals surface area contributed by atoms with Gasteiger partial charge in [0.25, 0.3) is 5.91 Å². The number of carbonyl (C=O) groups excluding carboxylic acids is 1. The third kappa shape index (κ3) is 5.09. The van der Waals surface area contributed by atoms with Gasteiger partial charge in [-0.05, 0) is 43.0 Å². The van der Waals surface area contributed by atoms with Gasteiger partial charge in [0.15, 0.2) is 5.76 Å². The van der Waals surface area contributed by atoms with Gasteiger partial charge in [-0.1, -0.05) is 43.5 Å². The summed E-state index contributed by atoms with van der Waals surface area (Å²) in [6.45, 7) is 6.32. The van der Waals surface area contributed by atoms with E-state index in [1.807, 2.05) is 17.0 Å². The molecule has 1 saturated carbocycles. The second-order valence-electron chi connectivity index (χ2n) is 8.29. The normalized spacial score (nSPS) is 18.3. The van der Waals surface area contributed by atoms with E-state index < -0.39 is 0 Å². The minimum absolute atomic E-state index is 0.0253. The summed E-state index contributed by atoms with van der Waals surface area (Å²) < 4.78 is 11.4. The van der Waals surface area contributed by atoms with Crippen LogP contribution in [0.1, 0.15) is 59.5 Å². The molecule has 0 spiro atoms. The van der Waals surface area contributed by atoms with Crippen molar-refractivity contribution in [3.63, 3.8) is 0 Å². The van der Waals surface area contributed by atoms with Crippen LogP contribution >= 0.6 is 0 Å². The van der Waals surface area contributed by atoms with Crippen molar-refractivity contribution < 1.29 is 13.9 Å². The average molecular weight is 397 g/mol. The molecule has 0 bridgehead atoms. The van der Waals surface area contributed by atoms with Crippen LogP contribution in [0.5, 0.6) is 0 Å². The molecule has 0 radical (unpaired) electrons. The van der Waals surface area contributed by atoms with E-state index in [-0.39, 0.29) is 5.91 Å². The number of nitrogens with zero attached hydrogens (tertiary/aromatic N) is 2. The topological polar surface area (TPSA) is 45.9 Å². The van der Waals surface area contributed by atoms with E-state index in [1.54, 1.807) is 0 Å². The molecule has 1 aliphatic heterocycles. The molecule has 5 heteroatoms. The molecule has 2 aromatic rings. The third-order valence-electron chi connectivity index (χ3n) is 6.26. The number of rotatable bonds is 6. The van der Waals surface area contributed by atoms with Crippen LogP contribution in [0.3, 0.4) is 0 Å². The average Bonchev–Trinajstić information content (AvgIpc) is 3.24. The monoisotopic (exact) mass is 396 g/mol. The van der Waals surface area contributed by atoms with Crippen molar-refractivity contribution in [2.75, 3.05) is 26.3 Å². The van der Waals surface area contributed by atoms with Crippen LogP contribution in [0.25, 0.3) is 0 Å². The molecule has 1 aromatic heterocycles. The highest BCUT2D eigenvalue weighted by Gasteiger charge is 2.25. The summed E-state index contributed by atoms with van der Waals surface area (Å²) in [5, 5.41) is 0. The Morgan fingerprint density at radius 3 is 2.55 bits per heavy atom. The lowest BCUT2D eigenvalue weighted by Gasteiger charge is -2.34. The molecule has 29 heavy (non-hydrogen) atoms. The number of hydrogen-bond donors (Lipinski definition) is 0. The highest BCUT2D eigenvalue weighted by molar-refractivity contribution is 5.91. The number of aryl methyl sites for hydroxylation is 1. The number of ether oxygens (including phenoxy) is 1. The molecule has 2 fully saturated rings. The van der Waals surface area contributed by atoms with Crippen molar-refractivity contribution in [3.8, 4) is 0 Å². The van der Waals surface area contributed by atoms with Crippen LogP contribution in [0.15, 0.2) is 40.8 Å². The molecule has 156 valence electrons. The first-order chi connectivity index (χ1) is 14.2. The predicted molar refractivity (Wildman–Crippen MR) is 113 cm³/mol. The first kappa shape index (κ1) is 20.2. The molecular weight excluding hydrogens is 364 g/mol. The Bertz CT molecular complexity index is 804. The quantitative estimate of drug-likeness (QED) is 0.726. The zero-order chi connectivity index (χ0) is 20.1. The summed E-state index contributed by atoms with van der Waals surface area (Å²) in [5.74, 6) is 1.30. The van der Waals surface area contributed by atoms with Gasteiger partial charge in [0.2, 0.25) is 0 Å². The van der Waals surface area contributed by atoms with Crippen LogP contribution < -0.4 is 0 Å². The van der Waals surface area contributed by atoms with E-state index in [1.165, 1.54) is 43.2 Å². The minimum Gasteiger partial charge on any atom is -0.455 e. The Hall–Kier alpha value is -2.11. The Morgan fingerprint density at radius 2 is 1.79 bits per heavy atom. The highest BCUT2D eigenvalue weighted by Crippen LogP contribution is 2.27. The van der Waals surface area contributed by atoms with Crippen LogP contribution in [0, 0.1) is 6.92 Å². The SMILES string of the molecule is Cc1ccccc1CN(Cc1ccc(C(=O)N2CCOCC2)o1)C1CCCCC1. The van der Waals surface area contributed by atoms with E-state index in [2.05, 4.69) is 36.1 Å². The fraction of sp³-hybridized carbons (Fsp3) is 0.542. The molecule has 0 unspecified atom stereocenters.